The van der Waals surface area contributed by atoms with Crippen molar-refractivity contribution in [2.45, 2.75) is 31.3 Å². The molecule has 0 aliphatic carbocycles. The molecule has 1 amide bonds. The number of anilines is 1. The third-order valence-corrected chi connectivity index (χ3v) is 7.38. The average molecular weight is 425 g/mol. The number of halogens is 1. The van der Waals surface area contributed by atoms with E-state index in [1.165, 1.54) is 12.1 Å². The average Bonchev–Trinajstić information content (AvgIpc) is 3.25. The zero-order valence-corrected chi connectivity index (χ0v) is 17.8. The second-order valence-corrected chi connectivity index (χ2v) is 8.96. The summed E-state index contributed by atoms with van der Waals surface area (Å²) in [6.45, 7) is 2.07. The summed E-state index contributed by atoms with van der Waals surface area (Å²) in [7, 11) is 2.02. The van der Waals surface area contributed by atoms with Gasteiger partial charge in [-0.2, -0.15) is 0 Å². The van der Waals surface area contributed by atoms with Gasteiger partial charge in [-0.3, -0.25) is 4.79 Å². The molecule has 0 aromatic heterocycles. The van der Waals surface area contributed by atoms with Crippen LogP contribution in [0.4, 0.5) is 10.1 Å². The first-order valence-corrected chi connectivity index (χ1v) is 11.2. The topological polar surface area (TPSA) is 53.0 Å². The highest BCUT2D eigenvalue weighted by atomic mass is 19.1. The molecule has 2 aromatic rings. The highest BCUT2D eigenvalue weighted by molar-refractivity contribution is 5.81. The number of nitrogens with zero attached hydrogens (tertiary/aromatic N) is 2. The Balaban J connectivity index is 1.55. The number of carbonyl (C=O) groups is 1. The summed E-state index contributed by atoms with van der Waals surface area (Å²) in [6.07, 6.45) is 2.44. The molecule has 3 atom stereocenters. The molecule has 31 heavy (non-hydrogen) atoms. The number of benzene rings is 2. The second-order valence-electron chi connectivity index (χ2n) is 8.96. The molecule has 2 saturated heterocycles. The summed E-state index contributed by atoms with van der Waals surface area (Å²) in [5.41, 5.74) is 4.14. The van der Waals surface area contributed by atoms with Crippen LogP contribution in [0.3, 0.4) is 0 Å². The molecule has 164 valence electrons. The van der Waals surface area contributed by atoms with Crippen LogP contribution < -0.4 is 4.90 Å². The number of rotatable bonds is 3. The lowest BCUT2D eigenvalue weighted by atomic mass is 9.80. The Morgan fingerprint density at radius 1 is 1.10 bits per heavy atom. The Morgan fingerprint density at radius 3 is 2.52 bits per heavy atom. The predicted octanol–water partition coefficient (Wildman–Crippen LogP) is 3.62. The Kier molecular flexibility index (Phi) is 5.44. The van der Waals surface area contributed by atoms with E-state index in [4.69, 9.17) is 4.74 Å². The van der Waals surface area contributed by atoms with Crippen LogP contribution in [-0.2, 0) is 9.53 Å². The lowest BCUT2D eigenvalue weighted by molar-refractivity contribution is -0.140. The summed E-state index contributed by atoms with van der Waals surface area (Å²) in [4.78, 5) is 17.7. The zero-order chi connectivity index (χ0) is 21.5. The largest absolute Gasteiger partial charge is 0.394 e. The first-order valence-electron chi connectivity index (χ1n) is 11.2. The standard InChI is InChI=1S/C25H29FN2O3/c1-27-22-7-4-18(16-2-5-19(26)6-3-16)14-21(22)24-20(23(27)15-29)8-11-28(24)25(30)17-9-12-31-13-10-17/h2-7,14,17,20,23-24,29H,8-13,15H2,1H3/t20-,23-,24-/m0/s1. The van der Waals surface area contributed by atoms with Crippen LogP contribution in [0, 0.1) is 17.7 Å². The molecule has 2 aromatic carbocycles. The fraction of sp³-hybridized carbons (Fsp3) is 0.480. The van der Waals surface area contributed by atoms with Crippen LogP contribution in [0.1, 0.15) is 30.9 Å². The minimum Gasteiger partial charge on any atom is -0.394 e. The number of amides is 1. The van der Waals surface area contributed by atoms with Crippen molar-refractivity contribution in [2.75, 3.05) is 38.3 Å². The lowest BCUT2D eigenvalue weighted by Gasteiger charge is -2.45. The molecule has 3 heterocycles. The summed E-state index contributed by atoms with van der Waals surface area (Å²) >= 11 is 0. The van der Waals surface area contributed by atoms with Gasteiger partial charge in [-0.15, -0.1) is 0 Å². The molecule has 6 heteroatoms. The van der Waals surface area contributed by atoms with E-state index in [0.29, 0.717) is 13.2 Å². The third kappa shape index (κ3) is 3.52. The van der Waals surface area contributed by atoms with E-state index in [9.17, 15) is 14.3 Å². The lowest BCUT2D eigenvalue weighted by Crippen LogP contribution is -2.49. The van der Waals surface area contributed by atoms with Gasteiger partial charge in [0.2, 0.25) is 5.91 Å². The molecule has 3 aliphatic heterocycles. The monoisotopic (exact) mass is 424 g/mol. The SMILES string of the molecule is CN1c2ccc(-c3ccc(F)cc3)cc2[C@@H]2[C@@H](CCN2C(=O)C2CCOCC2)[C@@H]1CO. The smallest absolute Gasteiger partial charge is 0.226 e. The van der Waals surface area contributed by atoms with E-state index in [1.807, 2.05) is 13.1 Å². The van der Waals surface area contributed by atoms with E-state index >= 15 is 0 Å². The van der Waals surface area contributed by atoms with Crippen molar-refractivity contribution in [3.63, 3.8) is 0 Å². The molecule has 0 saturated carbocycles. The highest BCUT2D eigenvalue weighted by Gasteiger charge is 2.48. The van der Waals surface area contributed by atoms with Gasteiger partial charge in [-0.25, -0.2) is 4.39 Å². The first kappa shape index (κ1) is 20.5. The van der Waals surface area contributed by atoms with Gasteiger partial charge in [-0.1, -0.05) is 18.2 Å². The van der Waals surface area contributed by atoms with E-state index < -0.39 is 0 Å². The van der Waals surface area contributed by atoms with Crippen LogP contribution >= 0.6 is 0 Å². The molecule has 0 radical (unpaired) electrons. The molecule has 5 rings (SSSR count). The second kappa shape index (κ2) is 8.24. The van der Waals surface area contributed by atoms with Crippen LogP contribution in [0.25, 0.3) is 11.1 Å². The fourth-order valence-electron chi connectivity index (χ4n) is 5.70. The van der Waals surface area contributed by atoms with Gasteiger partial charge in [-0.05, 0) is 60.2 Å². The van der Waals surface area contributed by atoms with E-state index in [1.54, 1.807) is 12.1 Å². The maximum Gasteiger partial charge on any atom is 0.226 e. The highest BCUT2D eigenvalue weighted by Crippen LogP contribution is 2.50. The van der Waals surface area contributed by atoms with Gasteiger partial charge in [0.25, 0.3) is 0 Å². The zero-order valence-electron chi connectivity index (χ0n) is 17.8. The predicted molar refractivity (Wildman–Crippen MR) is 117 cm³/mol. The van der Waals surface area contributed by atoms with Crippen molar-refractivity contribution in [1.29, 1.82) is 0 Å². The van der Waals surface area contributed by atoms with Crippen molar-refractivity contribution < 1.29 is 19.0 Å². The normalized spacial score (nSPS) is 26.0. The summed E-state index contributed by atoms with van der Waals surface area (Å²) in [5, 5.41) is 10.2. The Labute approximate surface area is 182 Å². The molecular weight excluding hydrogens is 395 g/mol. The number of ether oxygens (including phenoxy) is 1. The van der Waals surface area contributed by atoms with Crippen LogP contribution in [0.5, 0.6) is 0 Å². The Bertz CT molecular complexity index is 958. The number of hydrogen-bond acceptors (Lipinski definition) is 4. The molecule has 0 bridgehead atoms. The van der Waals surface area contributed by atoms with E-state index in [0.717, 1.165) is 48.2 Å². The maximum absolute atomic E-state index is 13.5. The number of aliphatic hydroxyl groups excluding tert-OH is 1. The number of likely N-dealkylation sites (tertiary alicyclic amines) is 1. The molecular formula is C25H29FN2O3. The van der Waals surface area contributed by atoms with Gasteiger partial charge in [0.15, 0.2) is 0 Å². The van der Waals surface area contributed by atoms with E-state index in [2.05, 4.69) is 21.9 Å². The number of fused-ring (bicyclic) bond motifs is 3. The van der Waals surface area contributed by atoms with Gasteiger partial charge in [0, 0.05) is 44.3 Å². The molecule has 0 unspecified atom stereocenters. The van der Waals surface area contributed by atoms with Gasteiger partial charge >= 0.3 is 0 Å². The number of carbonyl (C=O) groups excluding carboxylic acids is 1. The number of hydrogen-bond donors (Lipinski definition) is 1. The quantitative estimate of drug-likeness (QED) is 0.818. The molecule has 2 fully saturated rings. The fourth-order valence-corrected chi connectivity index (χ4v) is 5.70. The van der Waals surface area contributed by atoms with Crippen LogP contribution in [-0.4, -0.2) is 55.4 Å². The van der Waals surface area contributed by atoms with Crippen LogP contribution in [0.2, 0.25) is 0 Å². The van der Waals surface area contributed by atoms with Gasteiger partial charge in [0.05, 0.1) is 18.7 Å². The van der Waals surface area contributed by atoms with Crippen molar-refractivity contribution in [3.8, 4) is 11.1 Å². The van der Waals surface area contributed by atoms with Crippen molar-refractivity contribution in [1.82, 2.24) is 4.90 Å². The minimum absolute atomic E-state index is 0.0124. The maximum atomic E-state index is 13.5. The van der Waals surface area contributed by atoms with Crippen molar-refractivity contribution in [3.05, 3.63) is 53.8 Å². The Morgan fingerprint density at radius 2 is 1.81 bits per heavy atom. The number of likely N-dealkylation sites (N-methyl/N-ethyl adjacent to an activating group) is 1. The van der Waals surface area contributed by atoms with Gasteiger partial charge in [0.1, 0.15) is 5.82 Å². The van der Waals surface area contributed by atoms with Gasteiger partial charge < -0.3 is 19.6 Å². The molecule has 1 N–H and O–H groups in total. The third-order valence-electron chi connectivity index (χ3n) is 7.38. The first-order chi connectivity index (χ1) is 15.1. The van der Waals surface area contributed by atoms with Crippen molar-refractivity contribution in [2.24, 2.45) is 11.8 Å². The molecule has 3 aliphatic rings. The van der Waals surface area contributed by atoms with Crippen molar-refractivity contribution >= 4 is 11.6 Å². The molecule has 5 nitrogen and oxygen atoms in total. The number of aliphatic hydroxyl groups is 1. The summed E-state index contributed by atoms with van der Waals surface area (Å²) < 4.78 is 18.9. The Hall–Kier alpha value is -2.44. The summed E-state index contributed by atoms with van der Waals surface area (Å²) in [5.74, 6) is 0.171. The minimum atomic E-state index is -0.253. The summed E-state index contributed by atoms with van der Waals surface area (Å²) in [6, 6.07) is 12.7. The molecule has 0 spiro atoms. The van der Waals surface area contributed by atoms with Crippen LogP contribution in [0.15, 0.2) is 42.5 Å². The van der Waals surface area contributed by atoms with E-state index in [-0.39, 0.29) is 42.3 Å².